The maximum Gasteiger partial charge on any atom is 0.339 e. The van der Waals surface area contributed by atoms with E-state index in [4.69, 9.17) is 4.74 Å². The van der Waals surface area contributed by atoms with Crippen LogP contribution < -0.4 is 5.32 Å². The summed E-state index contributed by atoms with van der Waals surface area (Å²) in [5.74, 6) is -0.197. The van der Waals surface area contributed by atoms with Gasteiger partial charge in [0.25, 0.3) is 5.91 Å². The van der Waals surface area contributed by atoms with Crippen LogP contribution in [0, 0.1) is 5.92 Å². The van der Waals surface area contributed by atoms with Crippen LogP contribution >= 0.6 is 0 Å². The number of amides is 1. The van der Waals surface area contributed by atoms with Crippen molar-refractivity contribution in [2.45, 2.75) is 38.6 Å². The summed E-state index contributed by atoms with van der Waals surface area (Å²) in [7, 11) is 0. The number of carbonyl (C=O) groups excluding carboxylic acids is 2. The van der Waals surface area contributed by atoms with Crippen molar-refractivity contribution in [3.05, 3.63) is 48.0 Å². The number of ether oxygens (including phenoxy) is 1. The van der Waals surface area contributed by atoms with Crippen LogP contribution in [0.25, 0.3) is 10.8 Å². The molecule has 1 aliphatic carbocycles. The Morgan fingerprint density at radius 1 is 1.08 bits per heavy atom. The molecule has 1 N–H and O–H groups in total. The smallest absolute Gasteiger partial charge is 0.339 e. The Labute approximate surface area is 142 Å². The fourth-order valence-corrected chi connectivity index (χ4v) is 3.39. The van der Waals surface area contributed by atoms with Gasteiger partial charge in [-0.05, 0) is 35.6 Å². The molecule has 0 aromatic heterocycles. The Bertz CT molecular complexity index is 735. The number of esters is 1. The molecule has 0 spiro atoms. The van der Waals surface area contributed by atoms with Gasteiger partial charge in [0, 0.05) is 6.04 Å². The molecular formula is C20H23NO3. The van der Waals surface area contributed by atoms with E-state index in [0.717, 1.165) is 30.0 Å². The fourth-order valence-electron chi connectivity index (χ4n) is 3.39. The van der Waals surface area contributed by atoms with Crippen molar-refractivity contribution >= 4 is 22.6 Å². The van der Waals surface area contributed by atoms with Gasteiger partial charge < -0.3 is 10.1 Å². The molecule has 0 unspecified atom stereocenters. The predicted octanol–water partition coefficient (Wildman–Crippen LogP) is 3.69. The largest absolute Gasteiger partial charge is 0.452 e. The van der Waals surface area contributed by atoms with Gasteiger partial charge in [-0.3, -0.25) is 4.79 Å². The van der Waals surface area contributed by atoms with E-state index in [2.05, 4.69) is 12.2 Å². The summed E-state index contributed by atoms with van der Waals surface area (Å²) < 4.78 is 5.22. The molecule has 3 rings (SSSR count). The summed E-state index contributed by atoms with van der Waals surface area (Å²) in [5.41, 5.74) is 0.493. The first kappa shape index (κ1) is 16.5. The van der Waals surface area contributed by atoms with Crippen LogP contribution in [-0.4, -0.2) is 24.5 Å². The normalized spacial score (nSPS) is 20.5. The molecule has 1 amide bonds. The van der Waals surface area contributed by atoms with Crippen molar-refractivity contribution in [1.29, 1.82) is 0 Å². The van der Waals surface area contributed by atoms with Crippen LogP contribution in [0.5, 0.6) is 0 Å². The number of hydrogen-bond donors (Lipinski definition) is 1. The summed E-state index contributed by atoms with van der Waals surface area (Å²) in [5, 5.41) is 4.81. The third-order valence-electron chi connectivity index (χ3n) is 4.80. The van der Waals surface area contributed by atoms with Crippen LogP contribution in [0.15, 0.2) is 42.5 Å². The van der Waals surface area contributed by atoms with Gasteiger partial charge in [0.15, 0.2) is 6.61 Å². The molecule has 0 radical (unpaired) electrons. The van der Waals surface area contributed by atoms with Gasteiger partial charge in [0.05, 0.1) is 5.56 Å². The zero-order chi connectivity index (χ0) is 16.9. The Morgan fingerprint density at radius 2 is 1.83 bits per heavy atom. The van der Waals surface area contributed by atoms with Gasteiger partial charge in [-0.1, -0.05) is 56.2 Å². The lowest BCUT2D eigenvalue weighted by molar-refractivity contribution is -0.125. The molecule has 24 heavy (non-hydrogen) atoms. The Hall–Kier alpha value is -2.36. The Kier molecular flexibility index (Phi) is 5.14. The summed E-state index contributed by atoms with van der Waals surface area (Å²) in [4.78, 5) is 24.4. The van der Waals surface area contributed by atoms with Gasteiger partial charge >= 0.3 is 5.97 Å². The van der Waals surface area contributed by atoms with Crippen molar-refractivity contribution in [3.63, 3.8) is 0 Å². The lowest BCUT2D eigenvalue weighted by atomic mass is 9.86. The van der Waals surface area contributed by atoms with Crippen molar-refractivity contribution in [3.8, 4) is 0 Å². The summed E-state index contributed by atoms with van der Waals surface area (Å²) in [6, 6.07) is 13.3. The third-order valence-corrected chi connectivity index (χ3v) is 4.80. The number of carbonyl (C=O) groups is 2. The molecule has 0 bridgehead atoms. The minimum Gasteiger partial charge on any atom is -0.452 e. The molecule has 0 saturated heterocycles. The van der Waals surface area contributed by atoms with Crippen molar-refractivity contribution < 1.29 is 14.3 Å². The molecule has 1 aliphatic rings. The first-order chi connectivity index (χ1) is 11.6. The van der Waals surface area contributed by atoms with Gasteiger partial charge in [-0.2, -0.15) is 0 Å². The maximum atomic E-state index is 12.3. The number of nitrogens with one attached hydrogen (secondary N) is 1. The molecule has 1 saturated carbocycles. The predicted molar refractivity (Wildman–Crippen MR) is 93.8 cm³/mol. The topological polar surface area (TPSA) is 55.4 Å². The quantitative estimate of drug-likeness (QED) is 0.872. The monoisotopic (exact) mass is 325 g/mol. The van der Waals surface area contributed by atoms with Gasteiger partial charge in [0.1, 0.15) is 0 Å². The molecule has 2 atom stereocenters. The average Bonchev–Trinajstić information content (AvgIpc) is 2.61. The molecule has 2 aromatic carbocycles. The van der Waals surface area contributed by atoms with Crippen LogP contribution in [0.2, 0.25) is 0 Å². The second kappa shape index (κ2) is 7.47. The van der Waals surface area contributed by atoms with E-state index in [-0.39, 0.29) is 18.6 Å². The zero-order valence-corrected chi connectivity index (χ0v) is 14.0. The number of hydrogen-bond acceptors (Lipinski definition) is 3. The van der Waals surface area contributed by atoms with Crippen molar-refractivity contribution in [1.82, 2.24) is 5.32 Å². The molecule has 126 valence electrons. The second-order valence-corrected chi connectivity index (χ2v) is 6.54. The van der Waals surface area contributed by atoms with Gasteiger partial charge in [-0.15, -0.1) is 0 Å². The highest BCUT2D eigenvalue weighted by atomic mass is 16.5. The standard InChI is InChI=1S/C20H23NO3/c1-14-7-2-5-12-18(14)21-19(22)13-24-20(23)17-11-6-9-15-8-3-4-10-16(15)17/h3-4,6,8-11,14,18H,2,5,7,12-13H2,1H3,(H,21,22)/t14-,18-/m0/s1. The maximum absolute atomic E-state index is 12.3. The first-order valence-corrected chi connectivity index (χ1v) is 8.59. The SMILES string of the molecule is C[C@H]1CCCC[C@@H]1NC(=O)COC(=O)c1cccc2ccccc12. The molecule has 0 aliphatic heterocycles. The highest BCUT2D eigenvalue weighted by Gasteiger charge is 2.23. The molecule has 0 heterocycles. The fraction of sp³-hybridized carbons (Fsp3) is 0.400. The van der Waals surface area contributed by atoms with E-state index in [1.54, 1.807) is 6.07 Å². The molecule has 4 heteroatoms. The average molecular weight is 325 g/mol. The van der Waals surface area contributed by atoms with Crippen LogP contribution in [0.4, 0.5) is 0 Å². The summed E-state index contributed by atoms with van der Waals surface area (Å²) in [6.07, 6.45) is 4.51. The van der Waals surface area contributed by atoms with Crippen LogP contribution in [0.1, 0.15) is 43.0 Å². The number of rotatable bonds is 4. The zero-order valence-electron chi connectivity index (χ0n) is 14.0. The van der Waals surface area contributed by atoms with Crippen molar-refractivity contribution in [2.24, 2.45) is 5.92 Å². The second-order valence-electron chi connectivity index (χ2n) is 6.54. The number of benzene rings is 2. The Morgan fingerprint density at radius 3 is 2.67 bits per heavy atom. The van der Waals surface area contributed by atoms with E-state index < -0.39 is 5.97 Å². The van der Waals surface area contributed by atoms with E-state index in [1.807, 2.05) is 36.4 Å². The van der Waals surface area contributed by atoms with E-state index in [0.29, 0.717) is 11.5 Å². The van der Waals surface area contributed by atoms with Crippen LogP contribution in [-0.2, 0) is 9.53 Å². The minimum absolute atomic E-state index is 0.197. The Balaban J connectivity index is 1.59. The van der Waals surface area contributed by atoms with E-state index in [1.165, 1.54) is 6.42 Å². The molecular weight excluding hydrogens is 302 g/mol. The molecule has 1 fully saturated rings. The first-order valence-electron chi connectivity index (χ1n) is 8.59. The summed E-state index contributed by atoms with van der Waals surface area (Å²) >= 11 is 0. The molecule has 2 aromatic rings. The van der Waals surface area contributed by atoms with Gasteiger partial charge in [-0.25, -0.2) is 4.79 Å². The summed E-state index contributed by atoms with van der Waals surface area (Å²) in [6.45, 7) is 1.93. The lowest BCUT2D eigenvalue weighted by Gasteiger charge is -2.29. The minimum atomic E-state index is -0.460. The van der Waals surface area contributed by atoms with E-state index in [9.17, 15) is 9.59 Å². The van der Waals surface area contributed by atoms with E-state index >= 15 is 0 Å². The highest BCUT2D eigenvalue weighted by Crippen LogP contribution is 2.23. The van der Waals surface area contributed by atoms with Crippen molar-refractivity contribution in [2.75, 3.05) is 6.61 Å². The number of fused-ring (bicyclic) bond motifs is 1. The lowest BCUT2D eigenvalue weighted by Crippen LogP contribution is -2.42. The van der Waals surface area contributed by atoms with Crippen LogP contribution in [0.3, 0.4) is 0 Å². The molecule has 4 nitrogen and oxygen atoms in total. The highest BCUT2D eigenvalue weighted by molar-refractivity contribution is 6.04. The van der Waals surface area contributed by atoms with Gasteiger partial charge in [0.2, 0.25) is 0 Å². The third kappa shape index (κ3) is 3.75.